The molecule has 1 atom stereocenters. The standard InChI is InChI=1S/C20H26O3/c1-12-3-5-16(6-4-12)13(2)22-20(21)23-19-17-8-14-7-15(10-17)11-18(19)9-14/h3-6,13-15,17-19H,7-11H2,1-2H3. The largest absolute Gasteiger partial charge is 0.509 e. The average molecular weight is 314 g/mol. The van der Waals surface area contributed by atoms with Crippen LogP contribution in [0.15, 0.2) is 24.3 Å². The fourth-order valence-electron chi connectivity index (χ4n) is 5.26. The van der Waals surface area contributed by atoms with E-state index < -0.39 is 6.16 Å². The summed E-state index contributed by atoms with van der Waals surface area (Å²) in [6.07, 6.45) is 5.75. The van der Waals surface area contributed by atoms with Gasteiger partial charge in [-0.05, 0) is 75.2 Å². The molecule has 0 amide bonds. The number of carbonyl (C=O) groups is 1. The maximum Gasteiger partial charge on any atom is 0.509 e. The van der Waals surface area contributed by atoms with Crippen LogP contribution in [-0.4, -0.2) is 12.3 Å². The topological polar surface area (TPSA) is 35.5 Å². The van der Waals surface area contributed by atoms with Crippen molar-refractivity contribution in [1.82, 2.24) is 0 Å². The van der Waals surface area contributed by atoms with Gasteiger partial charge < -0.3 is 9.47 Å². The van der Waals surface area contributed by atoms with Crippen LogP contribution >= 0.6 is 0 Å². The molecule has 0 radical (unpaired) electrons. The molecule has 4 aliphatic carbocycles. The molecule has 4 fully saturated rings. The predicted octanol–water partition coefficient (Wildman–Crippen LogP) is 5.03. The van der Waals surface area contributed by atoms with Crippen LogP contribution in [0.5, 0.6) is 0 Å². The second kappa shape index (κ2) is 5.85. The van der Waals surface area contributed by atoms with Crippen LogP contribution in [0.3, 0.4) is 0 Å². The van der Waals surface area contributed by atoms with E-state index in [0.29, 0.717) is 11.8 Å². The maximum absolute atomic E-state index is 12.2. The zero-order valence-corrected chi connectivity index (χ0v) is 14.0. The fraction of sp³-hybridized carbons (Fsp3) is 0.650. The molecule has 5 rings (SSSR count). The summed E-state index contributed by atoms with van der Waals surface area (Å²) in [7, 11) is 0. The summed E-state index contributed by atoms with van der Waals surface area (Å²) in [5.74, 6) is 2.93. The van der Waals surface area contributed by atoms with Gasteiger partial charge in [-0.2, -0.15) is 0 Å². The highest BCUT2D eigenvalue weighted by atomic mass is 16.7. The van der Waals surface area contributed by atoms with Crippen LogP contribution in [0.4, 0.5) is 4.79 Å². The van der Waals surface area contributed by atoms with Crippen molar-refractivity contribution in [2.24, 2.45) is 23.7 Å². The zero-order valence-electron chi connectivity index (χ0n) is 14.0. The summed E-state index contributed by atoms with van der Waals surface area (Å²) in [6, 6.07) is 8.10. The number of aryl methyl sites for hydroxylation is 1. The maximum atomic E-state index is 12.2. The van der Waals surface area contributed by atoms with Crippen LogP contribution < -0.4 is 0 Å². The smallest absolute Gasteiger partial charge is 0.430 e. The van der Waals surface area contributed by atoms with Gasteiger partial charge >= 0.3 is 6.16 Å². The molecule has 23 heavy (non-hydrogen) atoms. The Morgan fingerprint density at radius 2 is 1.57 bits per heavy atom. The summed E-state index contributed by atoms with van der Waals surface area (Å²) in [4.78, 5) is 12.2. The Bertz CT molecular complexity index is 549. The van der Waals surface area contributed by atoms with Crippen LogP contribution in [0.25, 0.3) is 0 Å². The van der Waals surface area contributed by atoms with Gasteiger partial charge in [-0.25, -0.2) is 4.79 Å². The summed E-state index contributed by atoms with van der Waals surface area (Å²) in [5.41, 5.74) is 2.22. The van der Waals surface area contributed by atoms with E-state index in [-0.39, 0.29) is 12.2 Å². The number of ether oxygens (including phenoxy) is 2. The van der Waals surface area contributed by atoms with Gasteiger partial charge in [0, 0.05) is 0 Å². The zero-order chi connectivity index (χ0) is 16.0. The van der Waals surface area contributed by atoms with Gasteiger partial charge in [0.1, 0.15) is 12.2 Å². The third-order valence-electron chi connectivity index (χ3n) is 6.19. The van der Waals surface area contributed by atoms with Crippen molar-refractivity contribution in [3.8, 4) is 0 Å². The van der Waals surface area contributed by atoms with Crippen molar-refractivity contribution < 1.29 is 14.3 Å². The fourth-order valence-corrected chi connectivity index (χ4v) is 5.26. The lowest BCUT2D eigenvalue weighted by atomic mass is 9.55. The SMILES string of the molecule is Cc1ccc(C(C)OC(=O)OC2C3CC4CC(C3)CC2C4)cc1. The molecule has 0 saturated heterocycles. The summed E-state index contributed by atoms with van der Waals surface area (Å²) < 4.78 is 11.3. The molecule has 124 valence electrons. The molecule has 3 nitrogen and oxygen atoms in total. The third-order valence-corrected chi connectivity index (χ3v) is 6.19. The van der Waals surface area contributed by atoms with E-state index in [1.54, 1.807) is 0 Å². The van der Waals surface area contributed by atoms with Crippen molar-refractivity contribution in [3.63, 3.8) is 0 Å². The van der Waals surface area contributed by atoms with Crippen LogP contribution in [0.1, 0.15) is 56.3 Å². The summed E-state index contributed by atoms with van der Waals surface area (Å²) in [6.45, 7) is 3.96. The van der Waals surface area contributed by atoms with Gasteiger partial charge in [-0.1, -0.05) is 29.8 Å². The number of rotatable bonds is 3. The van der Waals surface area contributed by atoms with E-state index in [2.05, 4.69) is 6.92 Å². The molecule has 0 aromatic heterocycles. The van der Waals surface area contributed by atoms with E-state index in [1.165, 1.54) is 37.7 Å². The van der Waals surface area contributed by atoms with Crippen molar-refractivity contribution in [1.29, 1.82) is 0 Å². The Hall–Kier alpha value is -1.51. The van der Waals surface area contributed by atoms with Crippen molar-refractivity contribution in [2.45, 2.75) is 58.2 Å². The van der Waals surface area contributed by atoms with Crippen molar-refractivity contribution in [2.75, 3.05) is 0 Å². The summed E-state index contributed by atoms with van der Waals surface area (Å²) >= 11 is 0. The minimum Gasteiger partial charge on any atom is -0.430 e. The van der Waals surface area contributed by atoms with Gasteiger partial charge in [-0.3, -0.25) is 0 Å². The van der Waals surface area contributed by atoms with Gasteiger partial charge in [0.15, 0.2) is 0 Å². The van der Waals surface area contributed by atoms with Crippen LogP contribution in [-0.2, 0) is 9.47 Å². The van der Waals surface area contributed by atoms with Crippen LogP contribution in [0, 0.1) is 30.6 Å². The van der Waals surface area contributed by atoms with Crippen molar-refractivity contribution in [3.05, 3.63) is 35.4 Å². The first kappa shape index (κ1) is 15.0. The Morgan fingerprint density at radius 1 is 1.00 bits per heavy atom. The predicted molar refractivity (Wildman–Crippen MR) is 88.0 cm³/mol. The monoisotopic (exact) mass is 314 g/mol. The highest BCUT2D eigenvalue weighted by molar-refractivity contribution is 5.60. The highest BCUT2D eigenvalue weighted by Crippen LogP contribution is 2.54. The second-order valence-electron chi connectivity index (χ2n) is 7.93. The normalized spacial score (nSPS) is 35.8. The minimum absolute atomic E-state index is 0.0977. The Labute approximate surface area is 138 Å². The molecule has 3 heteroatoms. The minimum atomic E-state index is -0.490. The third kappa shape index (κ3) is 2.98. The molecule has 0 N–H and O–H groups in total. The first-order valence-corrected chi connectivity index (χ1v) is 9.02. The summed E-state index contributed by atoms with van der Waals surface area (Å²) in [5, 5.41) is 0. The first-order chi connectivity index (χ1) is 11.1. The van der Waals surface area contributed by atoms with E-state index in [0.717, 1.165) is 17.4 Å². The Morgan fingerprint density at radius 3 is 2.13 bits per heavy atom. The van der Waals surface area contributed by atoms with E-state index >= 15 is 0 Å². The molecule has 4 saturated carbocycles. The second-order valence-corrected chi connectivity index (χ2v) is 7.93. The van der Waals surface area contributed by atoms with Gasteiger partial charge in [0.2, 0.25) is 0 Å². The number of hydrogen-bond acceptors (Lipinski definition) is 3. The van der Waals surface area contributed by atoms with Crippen molar-refractivity contribution >= 4 is 6.16 Å². The molecule has 4 bridgehead atoms. The Kier molecular flexibility index (Phi) is 3.82. The molecular formula is C20H26O3. The average Bonchev–Trinajstić information content (AvgIpc) is 2.50. The van der Waals surface area contributed by atoms with Gasteiger partial charge in [-0.15, -0.1) is 0 Å². The number of carbonyl (C=O) groups excluding carboxylic acids is 1. The lowest BCUT2D eigenvalue weighted by Crippen LogP contribution is -2.50. The molecule has 0 aliphatic heterocycles. The van der Waals surface area contributed by atoms with E-state index in [9.17, 15) is 4.79 Å². The quantitative estimate of drug-likeness (QED) is 0.734. The molecule has 4 aliphatic rings. The van der Waals surface area contributed by atoms with E-state index in [1.807, 2.05) is 31.2 Å². The lowest BCUT2D eigenvalue weighted by molar-refractivity contribution is -0.115. The van der Waals surface area contributed by atoms with Gasteiger partial charge in [0.25, 0.3) is 0 Å². The molecular weight excluding hydrogens is 288 g/mol. The lowest BCUT2D eigenvalue weighted by Gasteiger charge is -2.53. The number of benzene rings is 1. The first-order valence-electron chi connectivity index (χ1n) is 9.02. The van der Waals surface area contributed by atoms with E-state index in [4.69, 9.17) is 9.47 Å². The van der Waals surface area contributed by atoms with Gasteiger partial charge in [0.05, 0.1) is 0 Å². The van der Waals surface area contributed by atoms with Crippen LogP contribution in [0.2, 0.25) is 0 Å². The molecule has 1 aromatic carbocycles. The highest BCUT2D eigenvalue weighted by Gasteiger charge is 2.50. The number of hydrogen-bond donors (Lipinski definition) is 0. The molecule has 1 aromatic rings. The molecule has 1 unspecified atom stereocenters. The molecule has 0 heterocycles. The molecule has 0 spiro atoms. The Balaban J connectivity index is 1.36.